The Balaban J connectivity index is 1.76. The van der Waals surface area contributed by atoms with Gasteiger partial charge in [0.15, 0.2) is 5.82 Å². The Hall–Kier alpha value is -2.47. The molecule has 1 saturated heterocycles. The van der Waals surface area contributed by atoms with Crippen molar-refractivity contribution < 1.29 is 9.50 Å². The van der Waals surface area contributed by atoms with E-state index in [4.69, 9.17) is 0 Å². The Morgan fingerprint density at radius 2 is 2.00 bits per heavy atom. The van der Waals surface area contributed by atoms with E-state index in [2.05, 4.69) is 15.0 Å². The molecule has 0 spiro atoms. The molecule has 5 nitrogen and oxygen atoms in total. The summed E-state index contributed by atoms with van der Waals surface area (Å²) in [6.07, 6.45) is 4.77. The zero-order chi connectivity index (χ0) is 15.8. The number of hydrogen-bond acceptors (Lipinski definition) is 4. The third-order valence-electron chi connectivity index (χ3n) is 4.25. The van der Waals surface area contributed by atoms with Gasteiger partial charge < -0.3 is 10.0 Å². The number of anilines is 1. The zero-order valence-electron chi connectivity index (χ0n) is 12.6. The molecule has 0 atom stereocenters. The molecule has 4 rings (SSSR count). The van der Waals surface area contributed by atoms with E-state index in [0.717, 1.165) is 48.5 Å². The van der Waals surface area contributed by atoms with Crippen LogP contribution in [0.4, 0.5) is 10.2 Å². The van der Waals surface area contributed by atoms with Crippen LogP contribution in [0, 0.1) is 5.82 Å². The van der Waals surface area contributed by atoms with Crippen molar-refractivity contribution in [1.82, 2.24) is 14.6 Å². The smallest absolute Gasteiger partial charge is 0.154 e. The van der Waals surface area contributed by atoms with E-state index in [1.165, 1.54) is 12.1 Å². The molecule has 0 amide bonds. The van der Waals surface area contributed by atoms with Gasteiger partial charge in [0.25, 0.3) is 0 Å². The summed E-state index contributed by atoms with van der Waals surface area (Å²) >= 11 is 0. The van der Waals surface area contributed by atoms with Crippen LogP contribution >= 0.6 is 0 Å². The number of aliphatic hydroxyl groups is 1. The first kappa shape index (κ1) is 14.1. The molecule has 0 unspecified atom stereocenters. The third-order valence-corrected chi connectivity index (χ3v) is 4.25. The fraction of sp³-hybridized carbons (Fsp3) is 0.294. The molecule has 3 aromatic rings. The highest BCUT2D eigenvalue weighted by atomic mass is 19.1. The molecule has 23 heavy (non-hydrogen) atoms. The normalized spacial score (nSPS) is 16.2. The molecular weight excluding hydrogens is 295 g/mol. The fourth-order valence-electron chi connectivity index (χ4n) is 3.02. The Morgan fingerprint density at radius 3 is 2.78 bits per heavy atom. The van der Waals surface area contributed by atoms with Crippen molar-refractivity contribution in [2.75, 3.05) is 18.0 Å². The first-order valence-corrected chi connectivity index (χ1v) is 7.74. The largest absolute Gasteiger partial charge is 0.393 e. The van der Waals surface area contributed by atoms with E-state index < -0.39 is 0 Å². The molecule has 1 fully saturated rings. The number of fused-ring (bicyclic) bond motifs is 1. The summed E-state index contributed by atoms with van der Waals surface area (Å²) in [5, 5.41) is 14.2. The summed E-state index contributed by atoms with van der Waals surface area (Å²) in [5.74, 6) is 0.581. The molecule has 1 aromatic carbocycles. The van der Waals surface area contributed by atoms with Crippen LogP contribution < -0.4 is 4.90 Å². The minimum Gasteiger partial charge on any atom is -0.393 e. The van der Waals surface area contributed by atoms with E-state index in [-0.39, 0.29) is 11.9 Å². The molecular formula is C17H17FN4O. The average molecular weight is 312 g/mol. The van der Waals surface area contributed by atoms with Crippen molar-refractivity contribution in [3.05, 3.63) is 48.5 Å². The molecule has 6 heteroatoms. The second-order valence-corrected chi connectivity index (χ2v) is 5.84. The van der Waals surface area contributed by atoms with Gasteiger partial charge in [-0.3, -0.25) is 0 Å². The zero-order valence-corrected chi connectivity index (χ0v) is 12.6. The van der Waals surface area contributed by atoms with E-state index in [0.29, 0.717) is 0 Å². The molecule has 0 saturated carbocycles. The highest BCUT2D eigenvalue weighted by molar-refractivity contribution is 5.75. The number of benzene rings is 1. The summed E-state index contributed by atoms with van der Waals surface area (Å²) in [4.78, 5) is 6.66. The molecule has 1 N–H and O–H groups in total. The van der Waals surface area contributed by atoms with Crippen molar-refractivity contribution >= 4 is 11.3 Å². The predicted molar refractivity (Wildman–Crippen MR) is 85.8 cm³/mol. The van der Waals surface area contributed by atoms with Crippen LogP contribution in [0.15, 0.2) is 42.7 Å². The maximum atomic E-state index is 13.4. The Kier molecular flexibility index (Phi) is 3.46. The van der Waals surface area contributed by atoms with Crippen molar-refractivity contribution in [3.8, 4) is 11.3 Å². The first-order chi connectivity index (χ1) is 11.2. The van der Waals surface area contributed by atoms with Gasteiger partial charge in [0.1, 0.15) is 11.3 Å². The quantitative estimate of drug-likeness (QED) is 0.790. The monoisotopic (exact) mass is 312 g/mol. The van der Waals surface area contributed by atoms with Gasteiger partial charge in [-0.1, -0.05) is 12.1 Å². The summed E-state index contributed by atoms with van der Waals surface area (Å²) in [6, 6.07) is 8.36. The van der Waals surface area contributed by atoms with Crippen LogP contribution in [-0.2, 0) is 0 Å². The Bertz CT molecular complexity index is 839. The molecule has 3 heterocycles. The van der Waals surface area contributed by atoms with Gasteiger partial charge in [0.05, 0.1) is 11.8 Å². The number of halogens is 1. The van der Waals surface area contributed by atoms with Crippen molar-refractivity contribution in [1.29, 1.82) is 0 Å². The molecule has 1 aliphatic rings. The molecule has 0 radical (unpaired) electrons. The molecule has 1 aliphatic heterocycles. The second-order valence-electron chi connectivity index (χ2n) is 5.84. The number of aliphatic hydroxyl groups excluding tert-OH is 1. The van der Waals surface area contributed by atoms with Crippen LogP contribution in [0.2, 0.25) is 0 Å². The molecule has 2 aromatic heterocycles. The lowest BCUT2D eigenvalue weighted by molar-refractivity contribution is 0.145. The standard InChI is InChI=1S/C17H17FN4O/c18-13-3-1-2-12(10-13)15-11-16-17(19-6-9-22(16)20-15)21-7-4-14(23)5-8-21/h1-3,6,9-11,14,23H,4-5,7-8H2. The SMILES string of the molecule is OC1CCN(c2nccn3nc(-c4cccc(F)c4)cc23)CC1. The second kappa shape index (κ2) is 5.62. The lowest BCUT2D eigenvalue weighted by Crippen LogP contribution is -2.36. The van der Waals surface area contributed by atoms with Gasteiger partial charge in [-0.05, 0) is 31.0 Å². The lowest BCUT2D eigenvalue weighted by atomic mass is 10.1. The van der Waals surface area contributed by atoms with E-state index in [1.54, 1.807) is 23.0 Å². The number of aromatic nitrogens is 3. The maximum Gasteiger partial charge on any atom is 0.154 e. The Labute approximate surface area is 133 Å². The fourth-order valence-corrected chi connectivity index (χ4v) is 3.02. The Morgan fingerprint density at radius 1 is 1.17 bits per heavy atom. The third kappa shape index (κ3) is 2.66. The number of piperidine rings is 1. The minimum atomic E-state index is -0.275. The molecule has 0 bridgehead atoms. The topological polar surface area (TPSA) is 53.7 Å². The summed E-state index contributed by atoms with van der Waals surface area (Å²) in [6.45, 7) is 1.54. The van der Waals surface area contributed by atoms with E-state index in [1.807, 2.05) is 12.1 Å². The minimum absolute atomic E-state index is 0.223. The number of hydrogen-bond donors (Lipinski definition) is 1. The van der Waals surface area contributed by atoms with Gasteiger partial charge in [0, 0.05) is 31.0 Å². The van der Waals surface area contributed by atoms with Gasteiger partial charge in [0.2, 0.25) is 0 Å². The number of rotatable bonds is 2. The molecule has 118 valence electrons. The highest BCUT2D eigenvalue weighted by Gasteiger charge is 2.20. The van der Waals surface area contributed by atoms with Crippen LogP contribution in [-0.4, -0.2) is 38.9 Å². The van der Waals surface area contributed by atoms with Crippen molar-refractivity contribution in [2.24, 2.45) is 0 Å². The molecule has 0 aliphatic carbocycles. The summed E-state index contributed by atoms with van der Waals surface area (Å²) < 4.78 is 15.2. The van der Waals surface area contributed by atoms with E-state index in [9.17, 15) is 9.50 Å². The first-order valence-electron chi connectivity index (χ1n) is 7.74. The van der Waals surface area contributed by atoms with Crippen molar-refractivity contribution in [3.63, 3.8) is 0 Å². The lowest BCUT2D eigenvalue weighted by Gasteiger charge is -2.30. The van der Waals surface area contributed by atoms with Gasteiger partial charge in [-0.15, -0.1) is 0 Å². The van der Waals surface area contributed by atoms with Crippen LogP contribution in [0.1, 0.15) is 12.8 Å². The summed E-state index contributed by atoms with van der Waals surface area (Å²) in [5.41, 5.74) is 2.35. The predicted octanol–water partition coefficient (Wildman–Crippen LogP) is 2.50. The van der Waals surface area contributed by atoms with Gasteiger partial charge in [-0.25, -0.2) is 13.9 Å². The maximum absolute atomic E-state index is 13.4. The average Bonchev–Trinajstić information content (AvgIpc) is 3.00. The highest BCUT2D eigenvalue weighted by Crippen LogP contribution is 2.27. The van der Waals surface area contributed by atoms with Crippen LogP contribution in [0.25, 0.3) is 16.8 Å². The van der Waals surface area contributed by atoms with E-state index >= 15 is 0 Å². The van der Waals surface area contributed by atoms with Crippen LogP contribution in [0.5, 0.6) is 0 Å². The van der Waals surface area contributed by atoms with Crippen molar-refractivity contribution in [2.45, 2.75) is 18.9 Å². The van der Waals surface area contributed by atoms with Crippen LogP contribution in [0.3, 0.4) is 0 Å². The van der Waals surface area contributed by atoms with Gasteiger partial charge >= 0.3 is 0 Å². The number of nitrogens with zero attached hydrogens (tertiary/aromatic N) is 4. The van der Waals surface area contributed by atoms with Gasteiger partial charge in [-0.2, -0.15) is 5.10 Å². The summed E-state index contributed by atoms with van der Waals surface area (Å²) in [7, 11) is 0.